The van der Waals surface area contributed by atoms with Crippen LogP contribution in [0.5, 0.6) is 0 Å². The number of hydrogen-bond donors (Lipinski definition) is 3. The van der Waals surface area contributed by atoms with Crippen molar-refractivity contribution in [2.45, 2.75) is 24.9 Å². The number of hydrogen-bond acceptors (Lipinski definition) is 4. The van der Waals surface area contributed by atoms with Gasteiger partial charge in [0.2, 0.25) is 5.91 Å². The van der Waals surface area contributed by atoms with Crippen molar-refractivity contribution in [3.8, 4) is 0 Å². The highest BCUT2D eigenvalue weighted by Crippen LogP contribution is 2.23. The van der Waals surface area contributed by atoms with Crippen LogP contribution < -0.4 is 5.32 Å². The number of ether oxygens (including phenoxy) is 1. The Morgan fingerprint density at radius 1 is 1.03 bits per heavy atom. The van der Waals surface area contributed by atoms with Crippen LogP contribution in [0.15, 0.2) is 60.9 Å². The topological polar surface area (TPSA) is 90.2 Å². The van der Waals surface area contributed by atoms with E-state index in [-0.39, 0.29) is 24.5 Å². The molecular weight excluding hydrogens is 404 g/mol. The number of esters is 1. The number of carbonyl (C=O) groups excluding carboxylic acids is 2. The van der Waals surface area contributed by atoms with E-state index in [1.165, 1.54) is 7.11 Å². The first kappa shape index (κ1) is 20.3. The number of nitrogens with one attached hydrogen (secondary N) is 3. The van der Waals surface area contributed by atoms with Crippen molar-refractivity contribution in [1.29, 1.82) is 0 Å². The molecule has 3 heterocycles. The predicted molar refractivity (Wildman–Crippen MR) is 123 cm³/mol. The Bertz CT molecular complexity index is 1270. The van der Waals surface area contributed by atoms with E-state index in [0.717, 1.165) is 32.9 Å². The normalized spacial score (nSPS) is 18.0. The molecule has 0 radical (unpaired) electrons. The van der Waals surface area contributed by atoms with Gasteiger partial charge in [-0.25, -0.2) is 0 Å². The van der Waals surface area contributed by atoms with Gasteiger partial charge in [0.15, 0.2) is 0 Å². The van der Waals surface area contributed by atoms with Gasteiger partial charge in [-0.1, -0.05) is 36.4 Å². The third-order valence-corrected chi connectivity index (χ3v) is 6.31. The molecule has 7 heteroatoms. The number of carbonyl (C=O) groups is 2. The van der Waals surface area contributed by atoms with E-state index in [4.69, 9.17) is 4.74 Å². The van der Waals surface area contributed by atoms with E-state index in [1.807, 2.05) is 59.8 Å². The number of piperazine rings is 1. The summed E-state index contributed by atoms with van der Waals surface area (Å²) in [5.41, 5.74) is 4.29. The van der Waals surface area contributed by atoms with Crippen molar-refractivity contribution >= 4 is 33.7 Å². The van der Waals surface area contributed by atoms with Crippen LogP contribution in [-0.4, -0.2) is 59.0 Å². The van der Waals surface area contributed by atoms with E-state index in [0.29, 0.717) is 19.4 Å². The molecular formula is C25H26N4O3. The maximum Gasteiger partial charge on any atom is 0.323 e. The second-order valence-electron chi connectivity index (χ2n) is 8.36. The molecule has 2 aromatic heterocycles. The number of fused-ring (bicyclic) bond motifs is 2. The van der Waals surface area contributed by atoms with Gasteiger partial charge in [-0.3, -0.25) is 14.5 Å². The molecule has 2 atom stereocenters. The highest BCUT2D eigenvalue weighted by atomic mass is 16.5. The number of rotatable bonds is 6. The molecule has 5 rings (SSSR count). The summed E-state index contributed by atoms with van der Waals surface area (Å²) in [4.78, 5) is 33.9. The number of methoxy groups -OCH3 is 1. The molecule has 1 aliphatic heterocycles. The molecule has 0 spiro atoms. The Kier molecular flexibility index (Phi) is 5.41. The fourth-order valence-corrected chi connectivity index (χ4v) is 4.78. The Morgan fingerprint density at radius 2 is 1.66 bits per heavy atom. The van der Waals surface area contributed by atoms with Gasteiger partial charge >= 0.3 is 5.97 Å². The zero-order valence-electron chi connectivity index (χ0n) is 17.9. The fourth-order valence-electron chi connectivity index (χ4n) is 4.78. The van der Waals surface area contributed by atoms with Crippen molar-refractivity contribution in [3.63, 3.8) is 0 Å². The Hall–Kier alpha value is -3.58. The summed E-state index contributed by atoms with van der Waals surface area (Å²) >= 11 is 0. The van der Waals surface area contributed by atoms with E-state index in [2.05, 4.69) is 21.4 Å². The van der Waals surface area contributed by atoms with Gasteiger partial charge in [0.1, 0.15) is 6.04 Å². The quantitative estimate of drug-likeness (QED) is 0.410. The number of nitrogens with zero attached hydrogens (tertiary/aromatic N) is 1. The first-order chi connectivity index (χ1) is 15.6. The van der Waals surface area contributed by atoms with E-state index >= 15 is 0 Å². The van der Waals surface area contributed by atoms with Crippen LogP contribution in [0.4, 0.5) is 0 Å². The summed E-state index contributed by atoms with van der Waals surface area (Å²) in [6, 6.07) is 15.5. The van der Waals surface area contributed by atoms with Crippen LogP contribution in [0, 0.1) is 0 Å². The van der Waals surface area contributed by atoms with Gasteiger partial charge in [-0.15, -0.1) is 0 Å². The van der Waals surface area contributed by atoms with Gasteiger partial charge in [0.25, 0.3) is 0 Å². The van der Waals surface area contributed by atoms with Gasteiger partial charge in [0, 0.05) is 53.2 Å². The summed E-state index contributed by atoms with van der Waals surface area (Å²) in [5.74, 6) is -0.398. The molecule has 164 valence electrons. The standard InChI is InChI=1S/C25H26N4O3/c1-32-25(31)23(11-17-13-27-22-9-5-3-7-20(17)22)29-14-18(28-24(30)15-29)10-16-12-26-21-8-4-2-6-19(16)21/h2-9,12-13,18,23,26-27H,10-11,14-15H2,1H3,(H,28,30)/t18-,23-/m0/s1. The van der Waals surface area contributed by atoms with Crippen LogP contribution in [-0.2, 0) is 27.2 Å². The number of amides is 1. The van der Waals surface area contributed by atoms with Gasteiger partial charge in [-0.05, 0) is 29.7 Å². The minimum Gasteiger partial charge on any atom is -0.468 e. The molecule has 0 aliphatic carbocycles. The summed E-state index contributed by atoms with van der Waals surface area (Å²) in [5, 5.41) is 5.33. The SMILES string of the molecule is COC(=O)[C@H](Cc1c[nH]c2ccccc12)N1CC(=O)N[C@@H](Cc2c[nH]c3ccccc23)C1. The highest BCUT2D eigenvalue weighted by Gasteiger charge is 2.35. The molecule has 1 saturated heterocycles. The Labute approximate surface area is 185 Å². The maximum atomic E-state index is 12.8. The average molecular weight is 431 g/mol. The summed E-state index contributed by atoms with van der Waals surface area (Å²) in [6.07, 6.45) is 5.10. The number of H-pyrrole nitrogens is 2. The number of benzene rings is 2. The van der Waals surface area contributed by atoms with E-state index < -0.39 is 6.04 Å². The first-order valence-corrected chi connectivity index (χ1v) is 10.8. The van der Waals surface area contributed by atoms with Crippen molar-refractivity contribution in [1.82, 2.24) is 20.2 Å². The van der Waals surface area contributed by atoms with Crippen molar-refractivity contribution in [2.24, 2.45) is 0 Å². The lowest BCUT2D eigenvalue weighted by Gasteiger charge is -2.37. The van der Waals surface area contributed by atoms with Gasteiger partial charge < -0.3 is 20.0 Å². The second kappa shape index (κ2) is 8.51. The first-order valence-electron chi connectivity index (χ1n) is 10.8. The molecule has 32 heavy (non-hydrogen) atoms. The zero-order chi connectivity index (χ0) is 22.1. The molecule has 0 unspecified atom stereocenters. The monoisotopic (exact) mass is 430 g/mol. The van der Waals surface area contributed by atoms with Crippen LogP contribution in [0.25, 0.3) is 21.8 Å². The molecule has 3 N–H and O–H groups in total. The van der Waals surface area contributed by atoms with Crippen LogP contribution in [0.2, 0.25) is 0 Å². The van der Waals surface area contributed by atoms with Crippen LogP contribution in [0.1, 0.15) is 11.1 Å². The van der Waals surface area contributed by atoms with Gasteiger partial charge in [-0.2, -0.15) is 0 Å². The fraction of sp³-hybridized carbons (Fsp3) is 0.280. The summed E-state index contributed by atoms with van der Waals surface area (Å²) < 4.78 is 5.13. The smallest absolute Gasteiger partial charge is 0.323 e. The second-order valence-corrected chi connectivity index (χ2v) is 8.36. The molecule has 1 amide bonds. The highest BCUT2D eigenvalue weighted by molar-refractivity contribution is 5.86. The molecule has 4 aromatic rings. The third-order valence-electron chi connectivity index (χ3n) is 6.31. The molecule has 7 nitrogen and oxygen atoms in total. The lowest BCUT2D eigenvalue weighted by Crippen LogP contribution is -2.59. The zero-order valence-corrected chi connectivity index (χ0v) is 17.9. The molecule has 1 fully saturated rings. The molecule has 0 bridgehead atoms. The summed E-state index contributed by atoms with van der Waals surface area (Å²) in [7, 11) is 1.40. The lowest BCUT2D eigenvalue weighted by atomic mass is 9.99. The van der Waals surface area contributed by atoms with Crippen molar-refractivity contribution in [3.05, 3.63) is 72.1 Å². The minimum absolute atomic E-state index is 0.0751. The predicted octanol–water partition coefficient (Wildman–Crippen LogP) is 2.78. The number of para-hydroxylation sites is 2. The lowest BCUT2D eigenvalue weighted by molar-refractivity contribution is -0.148. The third kappa shape index (κ3) is 3.87. The van der Waals surface area contributed by atoms with E-state index in [1.54, 1.807) is 0 Å². The molecule has 0 saturated carbocycles. The van der Waals surface area contributed by atoms with Crippen molar-refractivity contribution < 1.29 is 14.3 Å². The van der Waals surface area contributed by atoms with Crippen molar-refractivity contribution in [2.75, 3.05) is 20.2 Å². The van der Waals surface area contributed by atoms with E-state index in [9.17, 15) is 9.59 Å². The van der Waals surface area contributed by atoms with Gasteiger partial charge in [0.05, 0.1) is 13.7 Å². The largest absolute Gasteiger partial charge is 0.468 e. The summed E-state index contributed by atoms with van der Waals surface area (Å²) in [6.45, 7) is 0.750. The molecule has 2 aromatic carbocycles. The van der Waals surface area contributed by atoms with Crippen LogP contribution >= 0.6 is 0 Å². The molecule has 1 aliphatic rings. The Balaban J connectivity index is 1.38. The number of aromatic amines is 2. The average Bonchev–Trinajstić information content (AvgIpc) is 3.41. The van der Waals surface area contributed by atoms with Crippen LogP contribution in [0.3, 0.4) is 0 Å². The number of aromatic nitrogens is 2. The minimum atomic E-state index is -0.532. The Morgan fingerprint density at radius 3 is 2.34 bits per heavy atom. The maximum absolute atomic E-state index is 12.8.